The molecule has 1 amide bonds. The molecule has 0 spiro atoms. The molecule has 2 aromatic heterocycles. The molecule has 5 nitrogen and oxygen atoms in total. The van der Waals surface area contributed by atoms with E-state index in [1.54, 1.807) is 6.20 Å². The lowest BCUT2D eigenvalue weighted by molar-refractivity contribution is -0.120. The fraction of sp³-hybridized carbons (Fsp3) is 0.400. The lowest BCUT2D eigenvalue weighted by atomic mass is 9.95. The van der Waals surface area contributed by atoms with Crippen molar-refractivity contribution >= 4 is 22.4 Å². The van der Waals surface area contributed by atoms with Crippen LogP contribution in [0.2, 0.25) is 0 Å². The molecule has 110 valence electrons. The lowest BCUT2D eigenvalue weighted by Crippen LogP contribution is -2.29. The second-order valence-electron chi connectivity index (χ2n) is 5.28. The standard InChI is InChI=1S/C15H18N4OS/c16-8-10-4-3-5-11(10)14(20)19-15-18-13(9-21-15)12-6-1-2-7-17-12/h1-2,6-7,9-11H,3-5,8,16H2,(H,18,19,20)/t10-,11-/m1/s1. The van der Waals surface area contributed by atoms with E-state index in [4.69, 9.17) is 5.73 Å². The second kappa shape index (κ2) is 6.32. The molecule has 0 bridgehead atoms. The van der Waals surface area contributed by atoms with Crippen molar-refractivity contribution in [3.63, 3.8) is 0 Å². The number of amides is 1. The minimum absolute atomic E-state index is 0.0252. The van der Waals surface area contributed by atoms with Crippen LogP contribution in [0.15, 0.2) is 29.8 Å². The first-order chi connectivity index (χ1) is 10.3. The number of thiazole rings is 1. The molecule has 0 saturated heterocycles. The van der Waals surface area contributed by atoms with Crippen LogP contribution in [0.3, 0.4) is 0 Å². The largest absolute Gasteiger partial charge is 0.330 e. The molecule has 0 radical (unpaired) electrons. The molecule has 1 fully saturated rings. The summed E-state index contributed by atoms with van der Waals surface area (Å²) in [7, 11) is 0. The zero-order valence-corrected chi connectivity index (χ0v) is 12.5. The highest BCUT2D eigenvalue weighted by Gasteiger charge is 2.32. The number of aromatic nitrogens is 2. The average Bonchev–Trinajstić information content (AvgIpc) is 3.16. The lowest BCUT2D eigenvalue weighted by Gasteiger charge is -2.16. The molecule has 0 unspecified atom stereocenters. The second-order valence-corrected chi connectivity index (χ2v) is 6.13. The van der Waals surface area contributed by atoms with E-state index in [-0.39, 0.29) is 11.8 Å². The summed E-state index contributed by atoms with van der Waals surface area (Å²) in [6.45, 7) is 0.579. The fourth-order valence-corrected chi connectivity index (χ4v) is 3.53. The monoisotopic (exact) mass is 302 g/mol. The number of rotatable bonds is 4. The van der Waals surface area contributed by atoms with Crippen LogP contribution in [-0.4, -0.2) is 22.4 Å². The molecule has 1 aliphatic rings. The van der Waals surface area contributed by atoms with E-state index < -0.39 is 0 Å². The maximum absolute atomic E-state index is 12.3. The predicted molar refractivity (Wildman–Crippen MR) is 83.9 cm³/mol. The quantitative estimate of drug-likeness (QED) is 0.909. The van der Waals surface area contributed by atoms with Crippen molar-refractivity contribution in [1.82, 2.24) is 9.97 Å². The first-order valence-corrected chi connectivity index (χ1v) is 8.03. The van der Waals surface area contributed by atoms with Crippen molar-refractivity contribution < 1.29 is 4.79 Å². The summed E-state index contributed by atoms with van der Waals surface area (Å²) in [6, 6.07) is 5.69. The number of carbonyl (C=O) groups excluding carboxylic acids is 1. The Kier molecular flexibility index (Phi) is 4.26. The van der Waals surface area contributed by atoms with Gasteiger partial charge in [-0.25, -0.2) is 4.98 Å². The SMILES string of the molecule is NC[C@H]1CCC[C@H]1C(=O)Nc1nc(-c2ccccn2)cs1. The Balaban J connectivity index is 1.69. The first-order valence-electron chi connectivity index (χ1n) is 7.16. The number of nitrogens with two attached hydrogens (primary N) is 1. The van der Waals surface area contributed by atoms with Crippen LogP contribution in [0.5, 0.6) is 0 Å². The van der Waals surface area contributed by atoms with Crippen LogP contribution in [-0.2, 0) is 4.79 Å². The van der Waals surface area contributed by atoms with Gasteiger partial charge in [-0.3, -0.25) is 9.78 Å². The Labute approximate surface area is 127 Å². The highest BCUT2D eigenvalue weighted by atomic mass is 32.1. The summed E-state index contributed by atoms with van der Waals surface area (Å²) >= 11 is 1.43. The number of anilines is 1. The minimum Gasteiger partial charge on any atom is -0.330 e. The molecule has 2 atom stereocenters. The normalized spacial score (nSPS) is 21.4. The van der Waals surface area contributed by atoms with E-state index in [0.29, 0.717) is 17.6 Å². The molecular formula is C15H18N4OS. The number of pyridine rings is 1. The summed E-state index contributed by atoms with van der Waals surface area (Å²) in [5.41, 5.74) is 7.34. The fourth-order valence-electron chi connectivity index (χ4n) is 2.83. The van der Waals surface area contributed by atoms with E-state index in [1.165, 1.54) is 11.3 Å². The zero-order chi connectivity index (χ0) is 14.7. The van der Waals surface area contributed by atoms with Crippen molar-refractivity contribution in [3.8, 4) is 11.4 Å². The number of nitrogens with zero attached hydrogens (tertiary/aromatic N) is 2. The summed E-state index contributed by atoms with van der Waals surface area (Å²) < 4.78 is 0. The summed E-state index contributed by atoms with van der Waals surface area (Å²) in [5.74, 6) is 0.377. The van der Waals surface area contributed by atoms with Crippen molar-refractivity contribution in [2.45, 2.75) is 19.3 Å². The van der Waals surface area contributed by atoms with Crippen LogP contribution in [0.4, 0.5) is 5.13 Å². The summed E-state index contributed by atoms with van der Waals surface area (Å²) in [5, 5.41) is 5.46. The van der Waals surface area contributed by atoms with Crippen LogP contribution in [0, 0.1) is 11.8 Å². The van der Waals surface area contributed by atoms with E-state index in [9.17, 15) is 4.79 Å². The molecule has 0 aromatic carbocycles. The van der Waals surface area contributed by atoms with Gasteiger partial charge in [0.2, 0.25) is 5.91 Å². The van der Waals surface area contributed by atoms with Gasteiger partial charge >= 0.3 is 0 Å². The maximum Gasteiger partial charge on any atom is 0.229 e. The van der Waals surface area contributed by atoms with Crippen LogP contribution in [0.25, 0.3) is 11.4 Å². The van der Waals surface area contributed by atoms with Crippen molar-refractivity contribution in [3.05, 3.63) is 29.8 Å². The highest BCUT2D eigenvalue weighted by Crippen LogP contribution is 2.32. The molecule has 1 aliphatic carbocycles. The third-order valence-electron chi connectivity index (χ3n) is 3.96. The maximum atomic E-state index is 12.3. The smallest absolute Gasteiger partial charge is 0.229 e. The Bertz CT molecular complexity index is 613. The molecule has 3 N–H and O–H groups in total. The van der Waals surface area contributed by atoms with Crippen molar-refractivity contribution in [2.75, 3.05) is 11.9 Å². The van der Waals surface area contributed by atoms with Crippen molar-refractivity contribution in [1.29, 1.82) is 0 Å². The van der Waals surface area contributed by atoms with E-state index in [0.717, 1.165) is 30.7 Å². The van der Waals surface area contributed by atoms with Gasteiger partial charge in [-0.15, -0.1) is 11.3 Å². The number of hydrogen-bond donors (Lipinski definition) is 2. The number of carbonyl (C=O) groups is 1. The van der Waals surface area contributed by atoms with Gasteiger partial charge in [0.25, 0.3) is 0 Å². The Morgan fingerprint density at radius 2 is 2.29 bits per heavy atom. The molecule has 3 rings (SSSR count). The minimum atomic E-state index is 0.0252. The van der Waals surface area contributed by atoms with Gasteiger partial charge < -0.3 is 11.1 Å². The van der Waals surface area contributed by atoms with Gasteiger partial charge in [0, 0.05) is 17.5 Å². The van der Waals surface area contributed by atoms with Gasteiger partial charge in [0.05, 0.1) is 5.69 Å². The van der Waals surface area contributed by atoms with E-state index in [1.807, 2.05) is 23.6 Å². The Morgan fingerprint density at radius 1 is 1.38 bits per heavy atom. The van der Waals surface area contributed by atoms with Crippen LogP contribution < -0.4 is 11.1 Å². The van der Waals surface area contributed by atoms with E-state index in [2.05, 4.69) is 15.3 Å². The van der Waals surface area contributed by atoms with Crippen LogP contribution >= 0.6 is 11.3 Å². The molecule has 21 heavy (non-hydrogen) atoms. The van der Waals surface area contributed by atoms with Gasteiger partial charge in [-0.05, 0) is 37.4 Å². The average molecular weight is 302 g/mol. The zero-order valence-electron chi connectivity index (χ0n) is 11.7. The molecule has 2 aromatic rings. The van der Waals surface area contributed by atoms with Gasteiger partial charge in [-0.1, -0.05) is 12.5 Å². The number of hydrogen-bond acceptors (Lipinski definition) is 5. The van der Waals surface area contributed by atoms with Gasteiger partial charge in [0.1, 0.15) is 5.69 Å². The van der Waals surface area contributed by atoms with Gasteiger partial charge in [0.15, 0.2) is 5.13 Å². The molecule has 1 saturated carbocycles. The Morgan fingerprint density at radius 3 is 3.05 bits per heavy atom. The topological polar surface area (TPSA) is 80.9 Å². The third-order valence-corrected chi connectivity index (χ3v) is 4.72. The molecule has 2 heterocycles. The summed E-state index contributed by atoms with van der Waals surface area (Å²) in [6.07, 6.45) is 4.78. The van der Waals surface area contributed by atoms with Crippen molar-refractivity contribution in [2.24, 2.45) is 17.6 Å². The summed E-state index contributed by atoms with van der Waals surface area (Å²) in [4.78, 5) is 21.0. The molecule has 6 heteroatoms. The van der Waals surface area contributed by atoms with Crippen LogP contribution in [0.1, 0.15) is 19.3 Å². The first kappa shape index (κ1) is 14.2. The predicted octanol–water partition coefficient (Wildman–Crippen LogP) is 2.52. The highest BCUT2D eigenvalue weighted by molar-refractivity contribution is 7.14. The number of nitrogens with one attached hydrogen (secondary N) is 1. The van der Waals surface area contributed by atoms with E-state index >= 15 is 0 Å². The molecular weight excluding hydrogens is 284 g/mol. The van der Waals surface area contributed by atoms with Gasteiger partial charge in [-0.2, -0.15) is 0 Å². The third kappa shape index (κ3) is 3.11. The molecule has 0 aliphatic heterocycles. The Hall–Kier alpha value is -1.79.